The van der Waals surface area contributed by atoms with Gasteiger partial charge in [-0.25, -0.2) is 0 Å². The van der Waals surface area contributed by atoms with Gasteiger partial charge in [-0.1, -0.05) is 44.1 Å². The summed E-state index contributed by atoms with van der Waals surface area (Å²) in [5.41, 5.74) is 5.30. The zero-order valence-corrected chi connectivity index (χ0v) is 14.2. The van der Waals surface area contributed by atoms with Gasteiger partial charge in [0.05, 0.1) is 0 Å². The summed E-state index contributed by atoms with van der Waals surface area (Å²) >= 11 is 0. The van der Waals surface area contributed by atoms with E-state index in [0.717, 1.165) is 12.8 Å². The van der Waals surface area contributed by atoms with Crippen LogP contribution < -0.4 is 0 Å². The molecule has 0 spiro atoms. The first-order chi connectivity index (χ1) is 10.5. The third kappa shape index (κ3) is 1.74. The van der Waals surface area contributed by atoms with Crippen molar-refractivity contribution in [2.24, 2.45) is 22.7 Å². The highest BCUT2D eigenvalue weighted by atomic mass is 16.1. The Balaban J connectivity index is 1.79. The van der Waals surface area contributed by atoms with E-state index in [4.69, 9.17) is 0 Å². The first kappa shape index (κ1) is 14.5. The third-order valence-corrected chi connectivity index (χ3v) is 7.40. The molecule has 0 aromatic heterocycles. The second kappa shape index (κ2) is 4.69. The average Bonchev–Trinajstić information content (AvgIpc) is 2.84. The van der Waals surface area contributed by atoms with Gasteiger partial charge >= 0.3 is 0 Å². The maximum absolute atomic E-state index is 12.1. The van der Waals surface area contributed by atoms with Crippen LogP contribution in [0.4, 0.5) is 0 Å². The number of hydrogen-bond acceptors (Lipinski definition) is 1. The maximum atomic E-state index is 12.1. The summed E-state index contributed by atoms with van der Waals surface area (Å²) in [6.45, 7) is 6.64. The van der Waals surface area contributed by atoms with Gasteiger partial charge in [0.2, 0.25) is 0 Å². The molecular weight excluding hydrogens is 268 g/mol. The van der Waals surface area contributed by atoms with Crippen LogP contribution in [0.15, 0.2) is 34.9 Å². The van der Waals surface area contributed by atoms with Crippen molar-refractivity contribution >= 4 is 5.78 Å². The second-order valence-corrected chi connectivity index (χ2v) is 8.47. The van der Waals surface area contributed by atoms with E-state index in [9.17, 15) is 4.79 Å². The fourth-order valence-electron chi connectivity index (χ4n) is 6.07. The van der Waals surface area contributed by atoms with E-state index in [0.29, 0.717) is 11.7 Å². The molecule has 0 saturated heterocycles. The van der Waals surface area contributed by atoms with Crippen molar-refractivity contribution in [2.45, 2.75) is 65.7 Å². The lowest BCUT2D eigenvalue weighted by atomic mass is 9.55. The quantitative estimate of drug-likeness (QED) is 0.634. The zero-order valence-electron chi connectivity index (χ0n) is 14.2. The third-order valence-electron chi connectivity index (χ3n) is 7.40. The van der Waals surface area contributed by atoms with Gasteiger partial charge in [-0.2, -0.15) is 0 Å². The molecule has 4 rings (SSSR count). The van der Waals surface area contributed by atoms with Gasteiger partial charge in [0.15, 0.2) is 0 Å². The predicted molar refractivity (Wildman–Crippen MR) is 90.4 cm³/mol. The number of hydrogen-bond donors (Lipinski definition) is 0. The molecule has 118 valence electrons. The lowest BCUT2D eigenvalue weighted by Crippen LogP contribution is -2.40. The van der Waals surface area contributed by atoms with E-state index in [2.05, 4.69) is 32.1 Å². The maximum Gasteiger partial charge on any atom is 0.133 e. The number of carbonyl (C=O) groups is 1. The summed E-state index contributed by atoms with van der Waals surface area (Å²) in [4.78, 5) is 12.1. The molecule has 0 aliphatic heterocycles. The van der Waals surface area contributed by atoms with Crippen LogP contribution in [0.1, 0.15) is 65.7 Å². The largest absolute Gasteiger partial charge is 0.300 e. The zero-order chi connectivity index (χ0) is 15.5. The van der Waals surface area contributed by atoms with Crippen molar-refractivity contribution < 1.29 is 4.79 Å². The van der Waals surface area contributed by atoms with Gasteiger partial charge in [0.25, 0.3) is 0 Å². The van der Waals surface area contributed by atoms with Crippen LogP contribution in [0.3, 0.4) is 0 Å². The first-order valence-electron chi connectivity index (χ1n) is 9.09. The van der Waals surface area contributed by atoms with Crippen molar-refractivity contribution in [3.05, 3.63) is 34.9 Å². The molecule has 4 atom stereocenters. The van der Waals surface area contributed by atoms with Crippen LogP contribution in [-0.4, -0.2) is 5.78 Å². The summed E-state index contributed by atoms with van der Waals surface area (Å²) in [5, 5.41) is 0. The minimum absolute atomic E-state index is 0.164. The SMILES string of the molecule is CC(=O)[C@H]1CC[C@H]2C3=CC=C4CCCC[C@]4(C)C3=CC[C@]12C. The summed E-state index contributed by atoms with van der Waals surface area (Å²) < 4.78 is 0. The number of carbonyl (C=O) groups excluding carboxylic acids is 1. The molecule has 1 heteroatoms. The number of ketones is 1. The van der Waals surface area contributed by atoms with Gasteiger partial charge in [-0.15, -0.1) is 0 Å². The number of allylic oxidation sites excluding steroid dienone is 6. The Hall–Kier alpha value is -1.11. The van der Waals surface area contributed by atoms with Gasteiger partial charge < -0.3 is 0 Å². The number of fused-ring (bicyclic) bond motifs is 5. The standard InChI is InChI=1S/C21H28O/c1-14(22)17-9-10-18-16-8-7-15-6-4-5-12-20(15,2)19(16)11-13-21(17,18)3/h7-8,11,17-18H,4-6,9-10,12-13H2,1-3H3/t17-,18+,20+,21-/m1/s1. The van der Waals surface area contributed by atoms with Crippen molar-refractivity contribution in [1.82, 2.24) is 0 Å². The van der Waals surface area contributed by atoms with Gasteiger partial charge in [0.1, 0.15) is 5.78 Å². The highest BCUT2D eigenvalue weighted by Gasteiger charge is 2.53. The molecule has 0 bridgehead atoms. The molecule has 4 aliphatic carbocycles. The molecule has 2 fully saturated rings. The fraction of sp³-hybridized carbons (Fsp3) is 0.667. The van der Waals surface area contributed by atoms with Crippen molar-refractivity contribution in [3.8, 4) is 0 Å². The molecule has 2 saturated carbocycles. The first-order valence-corrected chi connectivity index (χ1v) is 9.09. The Bertz CT molecular complexity index is 620. The Labute approximate surface area is 134 Å². The fourth-order valence-corrected chi connectivity index (χ4v) is 6.07. The number of rotatable bonds is 1. The minimum atomic E-state index is 0.164. The van der Waals surface area contributed by atoms with Crippen LogP contribution >= 0.6 is 0 Å². The normalized spacial score (nSPS) is 43.3. The van der Waals surface area contributed by atoms with Gasteiger partial charge in [-0.05, 0) is 67.9 Å². The van der Waals surface area contributed by atoms with E-state index >= 15 is 0 Å². The average molecular weight is 296 g/mol. The lowest BCUT2D eigenvalue weighted by molar-refractivity contribution is -0.124. The van der Waals surface area contributed by atoms with E-state index in [1.165, 1.54) is 32.1 Å². The molecular formula is C21H28O. The Kier molecular flexibility index (Phi) is 3.09. The highest BCUT2D eigenvalue weighted by Crippen LogP contribution is 2.62. The van der Waals surface area contributed by atoms with E-state index in [1.54, 1.807) is 23.6 Å². The van der Waals surface area contributed by atoms with E-state index in [-0.39, 0.29) is 16.7 Å². The Morgan fingerprint density at radius 3 is 2.77 bits per heavy atom. The van der Waals surface area contributed by atoms with Crippen molar-refractivity contribution in [2.75, 3.05) is 0 Å². The molecule has 0 aromatic rings. The smallest absolute Gasteiger partial charge is 0.133 e. The highest BCUT2D eigenvalue weighted by molar-refractivity contribution is 5.80. The number of Topliss-reactive ketones (excluding diaryl/α,β-unsaturated/α-hetero) is 1. The molecule has 0 amide bonds. The Morgan fingerprint density at radius 1 is 1.18 bits per heavy atom. The van der Waals surface area contributed by atoms with Crippen LogP contribution in [-0.2, 0) is 4.79 Å². The van der Waals surface area contributed by atoms with Crippen LogP contribution in [0.5, 0.6) is 0 Å². The molecule has 22 heavy (non-hydrogen) atoms. The Morgan fingerprint density at radius 2 is 2.00 bits per heavy atom. The van der Waals surface area contributed by atoms with Crippen molar-refractivity contribution in [1.29, 1.82) is 0 Å². The van der Waals surface area contributed by atoms with Crippen LogP contribution in [0.25, 0.3) is 0 Å². The second-order valence-electron chi connectivity index (χ2n) is 8.47. The molecule has 0 unspecified atom stereocenters. The molecule has 4 aliphatic rings. The summed E-state index contributed by atoms with van der Waals surface area (Å²) in [6.07, 6.45) is 16.0. The van der Waals surface area contributed by atoms with Gasteiger partial charge in [-0.3, -0.25) is 4.79 Å². The molecule has 0 radical (unpaired) electrons. The summed E-state index contributed by atoms with van der Waals surface area (Å²) in [6, 6.07) is 0. The lowest BCUT2D eigenvalue weighted by Gasteiger charge is -2.49. The predicted octanol–water partition coefficient (Wildman–Crippen LogP) is 5.38. The monoisotopic (exact) mass is 296 g/mol. The molecule has 0 heterocycles. The van der Waals surface area contributed by atoms with Crippen molar-refractivity contribution in [3.63, 3.8) is 0 Å². The van der Waals surface area contributed by atoms with E-state index < -0.39 is 0 Å². The summed E-state index contributed by atoms with van der Waals surface area (Å²) in [5.74, 6) is 1.26. The van der Waals surface area contributed by atoms with E-state index in [1.807, 2.05) is 0 Å². The van der Waals surface area contributed by atoms with Crippen LogP contribution in [0.2, 0.25) is 0 Å². The topological polar surface area (TPSA) is 17.1 Å². The van der Waals surface area contributed by atoms with Crippen LogP contribution in [0, 0.1) is 22.7 Å². The molecule has 0 aromatic carbocycles. The minimum Gasteiger partial charge on any atom is -0.300 e. The van der Waals surface area contributed by atoms with Gasteiger partial charge in [0, 0.05) is 11.3 Å². The summed E-state index contributed by atoms with van der Waals surface area (Å²) in [7, 11) is 0. The molecule has 1 nitrogen and oxygen atoms in total. The molecule has 0 N–H and O–H groups in total.